The Balaban J connectivity index is 1.71. The van der Waals surface area contributed by atoms with E-state index < -0.39 is 0 Å². The zero-order valence-corrected chi connectivity index (χ0v) is 11.5. The van der Waals surface area contributed by atoms with Crippen LogP contribution in [0.5, 0.6) is 0 Å². The van der Waals surface area contributed by atoms with Gasteiger partial charge in [0.15, 0.2) is 5.76 Å². The van der Waals surface area contributed by atoms with E-state index in [4.69, 9.17) is 10.3 Å². The molecule has 1 aromatic carbocycles. The van der Waals surface area contributed by atoms with Crippen LogP contribution in [0.2, 0.25) is 0 Å². The highest BCUT2D eigenvalue weighted by Gasteiger charge is 2.08. The summed E-state index contributed by atoms with van der Waals surface area (Å²) in [7, 11) is 0. The van der Waals surface area contributed by atoms with Crippen molar-refractivity contribution in [3.63, 3.8) is 0 Å². The third-order valence-electron chi connectivity index (χ3n) is 2.77. The normalized spacial score (nSPS) is 10.6. The predicted octanol–water partition coefficient (Wildman–Crippen LogP) is 3.61. The minimum absolute atomic E-state index is 0.678. The van der Waals surface area contributed by atoms with Gasteiger partial charge in [-0.3, -0.25) is 0 Å². The van der Waals surface area contributed by atoms with E-state index in [1.807, 2.05) is 48.5 Å². The summed E-state index contributed by atoms with van der Waals surface area (Å²) in [4.78, 5) is 4.24. The molecule has 3 rings (SSSR count). The van der Waals surface area contributed by atoms with Crippen LogP contribution in [0.25, 0.3) is 11.3 Å². The first kappa shape index (κ1) is 12.7. The van der Waals surface area contributed by atoms with Gasteiger partial charge in [-0.15, -0.1) is 0 Å². The van der Waals surface area contributed by atoms with Crippen LogP contribution in [-0.2, 0) is 5.75 Å². The Hall–Kier alpha value is -2.27. The van der Waals surface area contributed by atoms with Gasteiger partial charge in [0, 0.05) is 23.6 Å². The van der Waals surface area contributed by atoms with Crippen molar-refractivity contribution in [2.45, 2.75) is 10.8 Å². The third kappa shape index (κ3) is 2.83. The van der Waals surface area contributed by atoms with Crippen LogP contribution in [0, 0.1) is 0 Å². The molecule has 0 amide bonds. The lowest BCUT2D eigenvalue weighted by atomic mass is 10.2. The van der Waals surface area contributed by atoms with Crippen LogP contribution in [0.1, 0.15) is 5.69 Å². The van der Waals surface area contributed by atoms with Gasteiger partial charge in [-0.25, -0.2) is 4.98 Å². The Bertz CT molecular complexity index is 697. The van der Waals surface area contributed by atoms with E-state index in [2.05, 4.69) is 10.1 Å². The number of nitrogen functional groups attached to an aromatic ring is 1. The summed E-state index contributed by atoms with van der Waals surface area (Å²) >= 11 is 1.55. The summed E-state index contributed by atoms with van der Waals surface area (Å²) in [6.07, 6.45) is 1.73. The second-order valence-corrected chi connectivity index (χ2v) is 5.20. The molecule has 20 heavy (non-hydrogen) atoms. The summed E-state index contributed by atoms with van der Waals surface area (Å²) in [6, 6.07) is 15.5. The smallest absolute Gasteiger partial charge is 0.167 e. The number of benzene rings is 1. The molecular formula is C15H13N3OS. The molecule has 0 spiro atoms. The topological polar surface area (TPSA) is 64.9 Å². The van der Waals surface area contributed by atoms with Crippen molar-refractivity contribution in [3.8, 4) is 11.3 Å². The number of thioether (sulfide) groups is 1. The molecule has 0 fully saturated rings. The zero-order valence-electron chi connectivity index (χ0n) is 10.7. The van der Waals surface area contributed by atoms with Crippen molar-refractivity contribution < 1.29 is 4.52 Å². The Morgan fingerprint density at radius 3 is 2.75 bits per heavy atom. The third-order valence-corrected chi connectivity index (χ3v) is 3.83. The SMILES string of the molecule is Nc1cccnc1SCc1cc(-c2ccccc2)on1. The first-order valence-corrected chi connectivity index (χ1v) is 7.16. The van der Waals surface area contributed by atoms with E-state index >= 15 is 0 Å². The van der Waals surface area contributed by atoms with Crippen LogP contribution in [0.3, 0.4) is 0 Å². The lowest BCUT2D eigenvalue weighted by molar-refractivity contribution is 0.426. The fourth-order valence-corrected chi connectivity index (χ4v) is 2.58. The highest BCUT2D eigenvalue weighted by Crippen LogP contribution is 2.27. The fourth-order valence-electron chi connectivity index (χ4n) is 1.78. The molecule has 2 heterocycles. The second kappa shape index (κ2) is 5.79. The molecule has 5 heteroatoms. The number of rotatable bonds is 4. The van der Waals surface area contributed by atoms with Gasteiger partial charge in [0.2, 0.25) is 0 Å². The summed E-state index contributed by atoms with van der Waals surface area (Å²) in [5, 5.41) is 4.89. The molecule has 0 aliphatic carbocycles. The number of nitrogens with two attached hydrogens (primary N) is 1. The first-order chi connectivity index (χ1) is 9.83. The quantitative estimate of drug-likeness (QED) is 0.741. The van der Waals surface area contributed by atoms with E-state index in [1.54, 1.807) is 18.0 Å². The molecule has 0 aliphatic heterocycles. The summed E-state index contributed by atoms with van der Waals surface area (Å²) in [5.74, 6) is 1.45. The molecule has 0 saturated carbocycles. The van der Waals surface area contributed by atoms with E-state index in [1.165, 1.54) is 0 Å². The molecule has 0 radical (unpaired) electrons. The Kier molecular flexibility index (Phi) is 3.69. The summed E-state index contributed by atoms with van der Waals surface area (Å²) in [5.41, 5.74) is 8.43. The van der Waals surface area contributed by atoms with Gasteiger partial charge < -0.3 is 10.3 Å². The zero-order chi connectivity index (χ0) is 13.8. The molecule has 4 nitrogen and oxygen atoms in total. The van der Waals surface area contributed by atoms with Crippen LogP contribution in [-0.4, -0.2) is 10.1 Å². The maximum absolute atomic E-state index is 5.85. The second-order valence-electron chi connectivity index (χ2n) is 4.23. The van der Waals surface area contributed by atoms with Crippen molar-refractivity contribution in [2.24, 2.45) is 0 Å². The minimum Gasteiger partial charge on any atom is -0.397 e. The Morgan fingerprint density at radius 1 is 1.10 bits per heavy atom. The monoisotopic (exact) mass is 283 g/mol. The molecular weight excluding hydrogens is 270 g/mol. The molecule has 0 atom stereocenters. The van der Waals surface area contributed by atoms with E-state index in [0.717, 1.165) is 22.0 Å². The van der Waals surface area contributed by atoms with Gasteiger partial charge in [-0.2, -0.15) is 0 Å². The fraction of sp³-hybridized carbons (Fsp3) is 0.0667. The number of anilines is 1. The predicted molar refractivity (Wildman–Crippen MR) is 80.1 cm³/mol. The Labute approximate surface area is 121 Å². The average Bonchev–Trinajstić information content (AvgIpc) is 2.96. The minimum atomic E-state index is 0.678. The van der Waals surface area contributed by atoms with Crippen LogP contribution in [0.15, 0.2) is 64.3 Å². The highest BCUT2D eigenvalue weighted by molar-refractivity contribution is 7.98. The molecule has 2 N–H and O–H groups in total. The molecule has 0 saturated heterocycles. The van der Waals surface area contributed by atoms with Gasteiger partial charge in [0.25, 0.3) is 0 Å². The van der Waals surface area contributed by atoms with Gasteiger partial charge in [0.05, 0.1) is 11.4 Å². The van der Waals surface area contributed by atoms with Gasteiger partial charge >= 0.3 is 0 Å². The van der Waals surface area contributed by atoms with Crippen molar-refractivity contribution in [1.82, 2.24) is 10.1 Å². The summed E-state index contributed by atoms with van der Waals surface area (Å²) in [6.45, 7) is 0. The number of nitrogens with zero attached hydrogens (tertiary/aromatic N) is 2. The first-order valence-electron chi connectivity index (χ1n) is 6.17. The largest absolute Gasteiger partial charge is 0.397 e. The van der Waals surface area contributed by atoms with E-state index in [9.17, 15) is 0 Å². The lowest BCUT2D eigenvalue weighted by Crippen LogP contribution is -1.91. The molecule has 0 bridgehead atoms. The van der Waals surface area contributed by atoms with Gasteiger partial charge in [-0.1, -0.05) is 47.3 Å². The molecule has 3 aromatic rings. The molecule has 2 aromatic heterocycles. The van der Waals surface area contributed by atoms with Crippen LogP contribution < -0.4 is 5.73 Å². The molecule has 0 unspecified atom stereocenters. The van der Waals surface area contributed by atoms with Gasteiger partial charge in [0.1, 0.15) is 5.03 Å². The van der Waals surface area contributed by atoms with Crippen LogP contribution >= 0.6 is 11.8 Å². The van der Waals surface area contributed by atoms with Crippen molar-refractivity contribution in [1.29, 1.82) is 0 Å². The van der Waals surface area contributed by atoms with Crippen LogP contribution in [0.4, 0.5) is 5.69 Å². The van der Waals surface area contributed by atoms with E-state index in [0.29, 0.717) is 11.4 Å². The van der Waals surface area contributed by atoms with Crippen molar-refractivity contribution in [3.05, 3.63) is 60.4 Å². The van der Waals surface area contributed by atoms with E-state index in [-0.39, 0.29) is 0 Å². The Morgan fingerprint density at radius 2 is 1.95 bits per heavy atom. The standard InChI is InChI=1S/C15H13N3OS/c16-13-7-4-8-17-15(13)20-10-12-9-14(19-18-12)11-5-2-1-3-6-11/h1-9H,10,16H2. The maximum atomic E-state index is 5.85. The molecule has 100 valence electrons. The average molecular weight is 283 g/mol. The van der Waals surface area contributed by atoms with Crippen molar-refractivity contribution in [2.75, 3.05) is 5.73 Å². The maximum Gasteiger partial charge on any atom is 0.167 e. The number of pyridine rings is 1. The lowest BCUT2D eigenvalue weighted by Gasteiger charge is -2.00. The highest BCUT2D eigenvalue weighted by atomic mass is 32.2. The molecule has 0 aliphatic rings. The van der Waals surface area contributed by atoms with Crippen molar-refractivity contribution >= 4 is 17.4 Å². The number of hydrogen-bond donors (Lipinski definition) is 1. The van der Waals surface area contributed by atoms with Gasteiger partial charge in [-0.05, 0) is 12.1 Å². The number of aromatic nitrogens is 2. The number of hydrogen-bond acceptors (Lipinski definition) is 5. The summed E-state index contributed by atoms with van der Waals surface area (Å²) < 4.78 is 5.35.